The number of fused-ring (bicyclic) bond motifs is 1. The highest BCUT2D eigenvalue weighted by atomic mass is 16.5. The number of H-pyrrole nitrogens is 1. The third-order valence-electron chi connectivity index (χ3n) is 3.09. The van der Waals surface area contributed by atoms with Crippen LogP contribution in [0, 0.1) is 0 Å². The maximum atomic E-state index is 5.85. The normalized spacial score (nSPS) is 10.8. The fraction of sp³-hybridized carbons (Fsp3) is 0.125. The van der Waals surface area contributed by atoms with Gasteiger partial charge in [0.15, 0.2) is 0 Å². The molecule has 2 aromatic carbocycles. The predicted molar refractivity (Wildman–Crippen MR) is 77.6 cm³/mol. The van der Waals surface area contributed by atoms with Gasteiger partial charge in [-0.1, -0.05) is 18.2 Å². The minimum Gasteiger partial charge on any atom is -0.457 e. The Bertz CT molecular complexity index is 674. The third kappa shape index (κ3) is 2.46. The van der Waals surface area contributed by atoms with E-state index in [2.05, 4.69) is 16.4 Å². The lowest BCUT2D eigenvalue weighted by Crippen LogP contribution is -2.03. The third-order valence-corrected chi connectivity index (χ3v) is 3.09. The molecule has 3 rings (SSSR count). The molecule has 2 N–H and O–H groups in total. The molecule has 0 bridgehead atoms. The summed E-state index contributed by atoms with van der Waals surface area (Å²) < 4.78 is 5.85. The summed E-state index contributed by atoms with van der Waals surface area (Å²) in [6.07, 6.45) is 2.04. The molecule has 0 unspecified atom stereocenters. The Balaban J connectivity index is 1.94. The zero-order chi connectivity index (χ0) is 13.1. The SMILES string of the molecule is CNCc1c[nH]c2ccc(Oc3ccccc3)cc12. The highest BCUT2D eigenvalue weighted by Gasteiger charge is 2.05. The fourth-order valence-corrected chi connectivity index (χ4v) is 2.18. The van der Waals surface area contributed by atoms with E-state index in [0.29, 0.717) is 0 Å². The van der Waals surface area contributed by atoms with Gasteiger partial charge in [0.05, 0.1) is 0 Å². The molecule has 96 valence electrons. The Kier molecular flexibility index (Phi) is 3.21. The van der Waals surface area contributed by atoms with Gasteiger partial charge in [0.2, 0.25) is 0 Å². The van der Waals surface area contributed by atoms with Crippen molar-refractivity contribution in [2.75, 3.05) is 7.05 Å². The summed E-state index contributed by atoms with van der Waals surface area (Å²) in [5.41, 5.74) is 2.38. The Labute approximate surface area is 112 Å². The second kappa shape index (κ2) is 5.16. The molecule has 1 heterocycles. The molecule has 3 nitrogen and oxygen atoms in total. The van der Waals surface area contributed by atoms with Crippen LogP contribution < -0.4 is 10.1 Å². The Morgan fingerprint density at radius 1 is 1.05 bits per heavy atom. The monoisotopic (exact) mass is 252 g/mol. The number of para-hydroxylation sites is 1. The number of hydrogen-bond acceptors (Lipinski definition) is 2. The van der Waals surface area contributed by atoms with Gasteiger partial charge >= 0.3 is 0 Å². The molecule has 0 saturated heterocycles. The number of hydrogen-bond donors (Lipinski definition) is 2. The molecule has 0 aliphatic carbocycles. The van der Waals surface area contributed by atoms with Crippen LogP contribution in [0.25, 0.3) is 10.9 Å². The summed E-state index contributed by atoms with van der Waals surface area (Å²) in [6.45, 7) is 0.842. The zero-order valence-corrected chi connectivity index (χ0v) is 10.8. The molecule has 0 atom stereocenters. The average Bonchev–Trinajstić information content (AvgIpc) is 2.83. The van der Waals surface area contributed by atoms with Gasteiger partial charge in [-0.3, -0.25) is 0 Å². The molecule has 0 aliphatic rings. The van der Waals surface area contributed by atoms with E-state index in [9.17, 15) is 0 Å². The van der Waals surface area contributed by atoms with Gasteiger partial charge < -0.3 is 15.0 Å². The van der Waals surface area contributed by atoms with Crippen molar-refractivity contribution in [3.05, 3.63) is 60.3 Å². The first-order chi connectivity index (χ1) is 9.36. The van der Waals surface area contributed by atoms with E-state index in [1.165, 1.54) is 10.9 Å². The first kappa shape index (κ1) is 11.8. The topological polar surface area (TPSA) is 37.0 Å². The Morgan fingerprint density at radius 2 is 1.89 bits per heavy atom. The average molecular weight is 252 g/mol. The first-order valence-electron chi connectivity index (χ1n) is 6.34. The summed E-state index contributed by atoms with van der Waals surface area (Å²) in [5.74, 6) is 1.71. The van der Waals surface area contributed by atoms with Crippen molar-refractivity contribution in [1.29, 1.82) is 0 Å². The van der Waals surface area contributed by atoms with Gasteiger partial charge in [0.1, 0.15) is 11.5 Å². The molecule has 0 fully saturated rings. The minimum atomic E-state index is 0.842. The highest BCUT2D eigenvalue weighted by molar-refractivity contribution is 5.84. The van der Waals surface area contributed by atoms with Crippen molar-refractivity contribution in [3.63, 3.8) is 0 Å². The summed E-state index contributed by atoms with van der Waals surface area (Å²) in [5, 5.41) is 4.37. The zero-order valence-electron chi connectivity index (χ0n) is 10.8. The van der Waals surface area contributed by atoms with Crippen molar-refractivity contribution in [1.82, 2.24) is 10.3 Å². The molecule has 1 aromatic heterocycles. The number of aromatic nitrogens is 1. The Hall–Kier alpha value is -2.26. The highest BCUT2D eigenvalue weighted by Crippen LogP contribution is 2.27. The van der Waals surface area contributed by atoms with Crippen LogP contribution in [0.1, 0.15) is 5.56 Å². The van der Waals surface area contributed by atoms with Crippen molar-refractivity contribution in [2.24, 2.45) is 0 Å². The largest absolute Gasteiger partial charge is 0.457 e. The standard InChI is InChI=1S/C16H16N2O/c1-17-10-12-11-18-16-8-7-14(9-15(12)16)19-13-5-3-2-4-6-13/h2-9,11,17-18H,10H2,1H3. The van der Waals surface area contributed by atoms with E-state index in [0.717, 1.165) is 23.6 Å². The quantitative estimate of drug-likeness (QED) is 0.743. The summed E-state index contributed by atoms with van der Waals surface area (Å²) in [4.78, 5) is 3.27. The van der Waals surface area contributed by atoms with Gasteiger partial charge in [-0.25, -0.2) is 0 Å². The number of aromatic amines is 1. The van der Waals surface area contributed by atoms with Crippen LogP contribution in [0.2, 0.25) is 0 Å². The van der Waals surface area contributed by atoms with E-state index >= 15 is 0 Å². The molecular weight excluding hydrogens is 236 g/mol. The van der Waals surface area contributed by atoms with Gasteiger partial charge in [0.25, 0.3) is 0 Å². The molecule has 3 aromatic rings. The summed E-state index contributed by atoms with van der Waals surface area (Å²) in [7, 11) is 1.95. The second-order valence-corrected chi connectivity index (χ2v) is 4.47. The van der Waals surface area contributed by atoms with E-state index in [1.807, 2.05) is 55.7 Å². The minimum absolute atomic E-state index is 0.842. The predicted octanol–water partition coefficient (Wildman–Crippen LogP) is 3.68. The van der Waals surface area contributed by atoms with Crippen LogP contribution in [0.15, 0.2) is 54.7 Å². The number of rotatable bonds is 4. The first-order valence-corrected chi connectivity index (χ1v) is 6.34. The van der Waals surface area contributed by atoms with Crippen LogP contribution >= 0.6 is 0 Å². The second-order valence-electron chi connectivity index (χ2n) is 4.47. The number of nitrogens with one attached hydrogen (secondary N) is 2. The van der Waals surface area contributed by atoms with Crippen molar-refractivity contribution in [2.45, 2.75) is 6.54 Å². The molecule has 19 heavy (non-hydrogen) atoms. The van der Waals surface area contributed by atoms with Gasteiger partial charge in [-0.15, -0.1) is 0 Å². The lowest BCUT2D eigenvalue weighted by atomic mass is 10.1. The molecular formula is C16H16N2O. The molecule has 3 heteroatoms. The molecule has 0 saturated carbocycles. The lowest BCUT2D eigenvalue weighted by molar-refractivity contribution is 0.483. The smallest absolute Gasteiger partial charge is 0.128 e. The summed E-state index contributed by atoms with van der Waals surface area (Å²) in [6, 6.07) is 15.9. The van der Waals surface area contributed by atoms with Crippen molar-refractivity contribution in [3.8, 4) is 11.5 Å². The maximum absolute atomic E-state index is 5.85. The van der Waals surface area contributed by atoms with Gasteiger partial charge in [-0.2, -0.15) is 0 Å². The van der Waals surface area contributed by atoms with Gasteiger partial charge in [0, 0.05) is 23.6 Å². The van der Waals surface area contributed by atoms with Crippen molar-refractivity contribution < 1.29 is 4.74 Å². The number of ether oxygens (including phenoxy) is 1. The van der Waals surface area contributed by atoms with Crippen LogP contribution in [-0.2, 0) is 6.54 Å². The molecule has 0 spiro atoms. The van der Waals surface area contributed by atoms with E-state index < -0.39 is 0 Å². The summed E-state index contributed by atoms with van der Waals surface area (Å²) >= 11 is 0. The lowest BCUT2D eigenvalue weighted by Gasteiger charge is -2.06. The van der Waals surface area contributed by atoms with Crippen LogP contribution in [0.5, 0.6) is 11.5 Å². The van der Waals surface area contributed by atoms with E-state index in [-0.39, 0.29) is 0 Å². The molecule has 0 amide bonds. The van der Waals surface area contributed by atoms with E-state index in [1.54, 1.807) is 0 Å². The van der Waals surface area contributed by atoms with Crippen LogP contribution in [0.4, 0.5) is 0 Å². The maximum Gasteiger partial charge on any atom is 0.128 e. The molecule has 0 aliphatic heterocycles. The van der Waals surface area contributed by atoms with Gasteiger partial charge in [-0.05, 0) is 42.9 Å². The fourth-order valence-electron chi connectivity index (χ4n) is 2.18. The van der Waals surface area contributed by atoms with Crippen LogP contribution in [0.3, 0.4) is 0 Å². The van der Waals surface area contributed by atoms with Crippen molar-refractivity contribution >= 4 is 10.9 Å². The number of benzene rings is 2. The molecule has 0 radical (unpaired) electrons. The van der Waals surface area contributed by atoms with Crippen LogP contribution in [-0.4, -0.2) is 12.0 Å². The Morgan fingerprint density at radius 3 is 2.68 bits per heavy atom. The van der Waals surface area contributed by atoms with E-state index in [4.69, 9.17) is 4.74 Å².